The van der Waals surface area contributed by atoms with Crippen LogP contribution < -0.4 is 5.32 Å². The number of piperidine rings is 1. The molecule has 3 rings (SSSR count). The molecular formula is C17H27N3O2. The third-order valence-electron chi connectivity index (χ3n) is 4.93. The molecule has 5 nitrogen and oxygen atoms in total. The van der Waals surface area contributed by atoms with Crippen LogP contribution in [0.4, 0.5) is 0 Å². The van der Waals surface area contributed by atoms with E-state index in [-0.39, 0.29) is 11.8 Å². The Balaban J connectivity index is 1.54. The Kier molecular flexibility index (Phi) is 4.81. The van der Waals surface area contributed by atoms with Gasteiger partial charge in [-0.3, -0.25) is 4.79 Å². The van der Waals surface area contributed by atoms with Crippen molar-refractivity contribution < 1.29 is 9.21 Å². The molecule has 122 valence electrons. The number of carbonyl (C=O) groups is 1. The number of likely N-dealkylation sites (tertiary alicyclic amines) is 1. The Morgan fingerprint density at radius 3 is 2.50 bits per heavy atom. The number of nitrogens with zero attached hydrogens (tertiary/aromatic N) is 2. The second kappa shape index (κ2) is 6.82. The van der Waals surface area contributed by atoms with Gasteiger partial charge in [0.2, 0.25) is 0 Å². The van der Waals surface area contributed by atoms with Gasteiger partial charge in [-0.15, -0.1) is 0 Å². The highest BCUT2D eigenvalue weighted by Gasteiger charge is 2.29. The minimum atomic E-state index is 0.0248. The number of hydrogen-bond acceptors (Lipinski definition) is 4. The maximum Gasteiger partial charge on any atom is 0.276 e. The van der Waals surface area contributed by atoms with Gasteiger partial charge in [-0.05, 0) is 25.7 Å². The van der Waals surface area contributed by atoms with E-state index in [9.17, 15) is 4.79 Å². The van der Waals surface area contributed by atoms with Crippen LogP contribution in [0.1, 0.15) is 74.5 Å². The summed E-state index contributed by atoms with van der Waals surface area (Å²) in [5, 5.41) is 3.77. The van der Waals surface area contributed by atoms with E-state index >= 15 is 0 Å². The Bertz CT molecular complexity index is 498. The van der Waals surface area contributed by atoms with E-state index in [1.54, 1.807) is 0 Å². The summed E-state index contributed by atoms with van der Waals surface area (Å²) in [5.74, 6) is 0.913. The number of amides is 1. The number of hydrogen-bond donors (Lipinski definition) is 1. The minimum Gasteiger partial charge on any atom is -0.447 e. The first-order chi connectivity index (χ1) is 10.6. The fourth-order valence-electron chi connectivity index (χ4n) is 3.65. The van der Waals surface area contributed by atoms with Crippen LogP contribution in [0.3, 0.4) is 0 Å². The van der Waals surface area contributed by atoms with Gasteiger partial charge < -0.3 is 14.6 Å². The van der Waals surface area contributed by atoms with Crippen molar-refractivity contribution in [1.82, 2.24) is 15.2 Å². The van der Waals surface area contributed by atoms with Crippen molar-refractivity contribution in [3.63, 3.8) is 0 Å². The fourth-order valence-corrected chi connectivity index (χ4v) is 3.65. The quantitative estimate of drug-likeness (QED) is 0.929. The maximum atomic E-state index is 12.6. The van der Waals surface area contributed by atoms with Gasteiger partial charge in [0.15, 0.2) is 12.1 Å². The summed E-state index contributed by atoms with van der Waals surface area (Å²) in [6, 6.07) is 1.27. The molecule has 2 heterocycles. The molecule has 2 aliphatic rings. The summed E-state index contributed by atoms with van der Waals surface area (Å²) in [6.07, 6.45) is 8.81. The second-order valence-corrected chi connectivity index (χ2v) is 6.93. The Morgan fingerprint density at radius 1 is 1.23 bits per heavy atom. The van der Waals surface area contributed by atoms with Crippen LogP contribution in [0.2, 0.25) is 0 Å². The van der Waals surface area contributed by atoms with Crippen molar-refractivity contribution in [3.8, 4) is 0 Å². The molecule has 1 aromatic heterocycles. The first-order valence-corrected chi connectivity index (χ1v) is 8.64. The normalized spacial score (nSPS) is 21.0. The van der Waals surface area contributed by atoms with Crippen molar-refractivity contribution in [1.29, 1.82) is 0 Å². The summed E-state index contributed by atoms with van der Waals surface area (Å²) in [5.41, 5.74) is 0.497. The predicted octanol–water partition coefficient (Wildman–Crippen LogP) is 2.93. The van der Waals surface area contributed by atoms with Crippen molar-refractivity contribution >= 4 is 5.91 Å². The maximum absolute atomic E-state index is 12.6. The highest BCUT2D eigenvalue weighted by molar-refractivity contribution is 5.93. The molecule has 0 aromatic carbocycles. The van der Waals surface area contributed by atoms with E-state index in [4.69, 9.17) is 4.42 Å². The summed E-state index contributed by atoms with van der Waals surface area (Å²) < 4.78 is 5.38. The van der Waals surface area contributed by atoms with E-state index in [2.05, 4.69) is 10.3 Å². The molecule has 0 spiro atoms. The van der Waals surface area contributed by atoms with Gasteiger partial charge >= 0.3 is 0 Å². The molecule has 0 bridgehead atoms. The summed E-state index contributed by atoms with van der Waals surface area (Å²) in [6.45, 7) is 5.67. The van der Waals surface area contributed by atoms with E-state index < -0.39 is 0 Å². The zero-order valence-corrected chi connectivity index (χ0v) is 13.7. The number of oxazole rings is 1. The number of nitrogens with one attached hydrogen (secondary N) is 1. The molecule has 2 fully saturated rings. The molecule has 1 amide bonds. The molecule has 5 heteroatoms. The van der Waals surface area contributed by atoms with E-state index in [1.165, 1.54) is 32.1 Å². The van der Waals surface area contributed by atoms with Crippen LogP contribution >= 0.6 is 0 Å². The average Bonchev–Trinajstić information content (AvgIpc) is 3.18. The topological polar surface area (TPSA) is 58.4 Å². The van der Waals surface area contributed by atoms with Crippen molar-refractivity contribution in [2.75, 3.05) is 13.1 Å². The molecular weight excluding hydrogens is 278 g/mol. The van der Waals surface area contributed by atoms with Crippen LogP contribution in [-0.4, -0.2) is 41.0 Å². The summed E-state index contributed by atoms with van der Waals surface area (Å²) in [7, 11) is 0. The monoisotopic (exact) mass is 305 g/mol. The Labute approximate surface area is 132 Å². The lowest BCUT2D eigenvalue weighted by Crippen LogP contribution is -2.47. The van der Waals surface area contributed by atoms with Gasteiger partial charge in [-0.2, -0.15) is 0 Å². The molecule has 0 unspecified atom stereocenters. The van der Waals surface area contributed by atoms with Gasteiger partial charge in [0.05, 0.1) is 0 Å². The molecule has 22 heavy (non-hydrogen) atoms. The zero-order valence-electron chi connectivity index (χ0n) is 13.7. The standard InChI is InChI=1S/C17H27N3O2/c1-12(2)16-15(18-11-22-16)17(21)20-9-7-14(8-10-20)19-13-5-3-4-6-13/h11-14,19H,3-10H2,1-2H3. The van der Waals surface area contributed by atoms with Crippen LogP contribution in [0.5, 0.6) is 0 Å². The third kappa shape index (κ3) is 3.35. The second-order valence-electron chi connectivity index (χ2n) is 6.93. The van der Waals surface area contributed by atoms with Crippen LogP contribution in [0.25, 0.3) is 0 Å². The molecule has 1 N–H and O–H groups in total. The van der Waals surface area contributed by atoms with Gasteiger partial charge in [0, 0.05) is 31.1 Å². The minimum absolute atomic E-state index is 0.0248. The Morgan fingerprint density at radius 2 is 1.86 bits per heavy atom. The predicted molar refractivity (Wildman–Crippen MR) is 84.9 cm³/mol. The molecule has 1 aliphatic heterocycles. The lowest BCUT2D eigenvalue weighted by Gasteiger charge is -2.33. The fraction of sp³-hybridized carbons (Fsp3) is 0.765. The molecule has 1 aliphatic carbocycles. The SMILES string of the molecule is CC(C)c1ocnc1C(=O)N1CCC(NC2CCCC2)CC1. The van der Waals surface area contributed by atoms with Gasteiger partial charge in [0.1, 0.15) is 5.76 Å². The summed E-state index contributed by atoms with van der Waals surface area (Å²) in [4.78, 5) is 18.7. The lowest BCUT2D eigenvalue weighted by atomic mass is 10.0. The van der Waals surface area contributed by atoms with E-state index in [0.29, 0.717) is 23.5 Å². The molecule has 1 aromatic rings. The summed E-state index contributed by atoms with van der Waals surface area (Å²) >= 11 is 0. The largest absolute Gasteiger partial charge is 0.447 e. The molecule has 0 radical (unpaired) electrons. The van der Waals surface area contributed by atoms with Gasteiger partial charge in [-0.25, -0.2) is 4.98 Å². The number of aromatic nitrogens is 1. The van der Waals surface area contributed by atoms with Crippen molar-refractivity contribution in [2.24, 2.45) is 0 Å². The van der Waals surface area contributed by atoms with Crippen molar-refractivity contribution in [2.45, 2.75) is 70.4 Å². The zero-order chi connectivity index (χ0) is 15.5. The van der Waals surface area contributed by atoms with Crippen LogP contribution in [-0.2, 0) is 0 Å². The lowest BCUT2D eigenvalue weighted by molar-refractivity contribution is 0.0694. The third-order valence-corrected chi connectivity index (χ3v) is 4.93. The number of carbonyl (C=O) groups excluding carboxylic acids is 1. The van der Waals surface area contributed by atoms with E-state index in [1.807, 2.05) is 18.7 Å². The highest BCUT2D eigenvalue weighted by atomic mass is 16.3. The van der Waals surface area contributed by atoms with Crippen molar-refractivity contribution in [3.05, 3.63) is 17.8 Å². The first kappa shape index (κ1) is 15.5. The van der Waals surface area contributed by atoms with Crippen LogP contribution in [0.15, 0.2) is 10.8 Å². The van der Waals surface area contributed by atoms with Crippen LogP contribution in [0, 0.1) is 0 Å². The van der Waals surface area contributed by atoms with E-state index in [0.717, 1.165) is 25.9 Å². The first-order valence-electron chi connectivity index (χ1n) is 8.64. The van der Waals surface area contributed by atoms with Gasteiger partial charge in [0.25, 0.3) is 5.91 Å². The number of rotatable bonds is 4. The smallest absolute Gasteiger partial charge is 0.276 e. The van der Waals surface area contributed by atoms with Gasteiger partial charge in [-0.1, -0.05) is 26.7 Å². The molecule has 0 atom stereocenters. The highest BCUT2D eigenvalue weighted by Crippen LogP contribution is 2.23. The average molecular weight is 305 g/mol. The Hall–Kier alpha value is -1.36. The molecule has 1 saturated carbocycles. The molecule has 1 saturated heterocycles.